The molecular weight excluding hydrogens is 276 g/mol. The summed E-state index contributed by atoms with van der Waals surface area (Å²) in [4.78, 5) is 39.6. The van der Waals surface area contributed by atoms with Crippen LogP contribution in [0.15, 0.2) is 6.07 Å². The van der Waals surface area contributed by atoms with E-state index in [0.717, 1.165) is 0 Å². The van der Waals surface area contributed by atoms with Crippen molar-refractivity contribution in [1.82, 2.24) is 15.6 Å². The molecule has 0 aliphatic heterocycles. The van der Waals surface area contributed by atoms with E-state index in [4.69, 9.17) is 4.74 Å². The highest BCUT2D eigenvalue weighted by atomic mass is 16.5. The summed E-state index contributed by atoms with van der Waals surface area (Å²) in [5, 5.41) is 7.56. The summed E-state index contributed by atoms with van der Waals surface area (Å²) in [6, 6.07) is 1.29. The number of ether oxygens (including phenoxy) is 1. The van der Waals surface area contributed by atoms with Crippen molar-refractivity contribution in [1.29, 1.82) is 0 Å². The van der Waals surface area contributed by atoms with Gasteiger partial charge in [-0.1, -0.05) is 0 Å². The van der Waals surface area contributed by atoms with E-state index in [1.54, 1.807) is 14.0 Å². The van der Waals surface area contributed by atoms with E-state index in [1.165, 1.54) is 20.2 Å². The molecule has 8 nitrogen and oxygen atoms in total. The molecule has 1 aromatic heterocycles. The molecule has 0 radical (unpaired) electrons. The van der Waals surface area contributed by atoms with Gasteiger partial charge in [0.2, 0.25) is 0 Å². The Hall–Kier alpha value is -2.64. The highest BCUT2D eigenvalue weighted by Crippen LogP contribution is 2.22. The average Bonchev–Trinajstić information content (AvgIpc) is 2.51. The van der Waals surface area contributed by atoms with Gasteiger partial charge in [-0.2, -0.15) is 0 Å². The molecule has 0 bridgehead atoms. The molecule has 0 aliphatic carbocycles. The van der Waals surface area contributed by atoms with E-state index in [0.29, 0.717) is 0 Å². The number of aromatic nitrogens is 1. The summed E-state index contributed by atoms with van der Waals surface area (Å²) < 4.78 is 4.94. The molecule has 0 aliphatic rings. The molecule has 0 unspecified atom stereocenters. The monoisotopic (exact) mass is 294 g/mol. The zero-order valence-corrected chi connectivity index (χ0v) is 12.4. The van der Waals surface area contributed by atoms with Gasteiger partial charge >= 0.3 is 5.97 Å². The first kappa shape index (κ1) is 16.4. The fourth-order valence-electron chi connectivity index (χ4n) is 1.70. The van der Waals surface area contributed by atoms with E-state index in [2.05, 4.69) is 20.9 Å². The molecule has 1 aromatic rings. The van der Waals surface area contributed by atoms with Crippen molar-refractivity contribution in [3.63, 3.8) is 0 Å². The minimum absolute atomic E-state index is 0.0434. The lowest BCUT2D eigenvalue weighted by molar-refractivity contribution is 0.0527. The van der Waals surface area contributed by atoms with E-state index in [-0.39, 0.29) is 29.2 Å². The van der Waals surface area contributed by atoms with Gasteiger partial charge in [-0.05, 0) is 13.0 Å². The molecule has 1 rings (SSSR count). The summed E-state index contributed by atoms with van der Waals surface area (Å²) in [6.45, 7) is 1.84. The quantitative estimate of drug-likeness (QED) is 0.660. The van der Waals surface area contributed by atoms with Crippen LogP contribution in [0, 0.1) is 0 Å². The Morgan fingerprint density at radius 2 is 1.76 bits per heavy atom. The first-order valence-electron chi connectivity index (χ1n) is 6.34. The van der Waals surface area contributed by atoms with Gasteiger partial charge in [-0.15, -0.1) is 0 Å². The molecule has 0 saturated carbocycles. The van der Waals surface area contributed by atoms with Crippen LogP contribution in [0.5, 0.6) is 0 Å². The van der Waals surface area contributed by atoms with Crippen molar-refractivity contribution in [2.24, 2.45) is 0 Å². The third kappa shape index (κ3) is 3.47. The zero-order chi connectivity index (χ0) is 16.0. The van der Waals surface area contributed by atoms with Crippen molar-refractivity contribution in [2.75, 3.05) is 33.1 Å². The lowest BCUT2D eigenvalue weighted by Gasteiger charge is -2.14. The maximum absolute atomic E-state index is 12.0. The molecule has 114 valence electrons. The Balaban J connectivity index is 3.55. The number of hydrogen-bond acceptors (Lipinski definition) is 6. The Labute approximate surface area is 122 Å². The smallest absolute Gasteiger partial charge is 0.340 e. The van der Waals surface area contributed by atoms with E-state index >= 15 is 0 Å². The maximum Gasteiger partial charge on any atom is 0.340 e. The normalized spacial score (nSPS) is 9.71. The van der Waals surface area contributed by atoms with Crippen LogP contribution in [0.3, 0.4) is 0 Å². The van der Waals surface area contributed by atoms with Crippen molar-refractivity contribution < 1.29 is 19.1 Å². The second kappa shape index (κ2) is 7.22. The van der Waals surface area contributed by atoms with Gasteiger partial charge in [-0.3, -0.25) is 9.59 Å². The SMILES string of the molecule is CCOC(=O)c1cc(C(=O)NC)nc(C(=O)NC)c1NC. The topological polar surface area (TPSA) is 109 Å². The fourth-order valence-corrected chi connectivity index (χ4v) is 1.70. The molecule has 0 spiro atoms. The van der Waals surface area contributed by atoms with Crippen LogP contribution in [0.1, 0.15) is 38.3 Å². The Kier molecular flexibility index (Phi) is 5.65. The molecule has 0 atom stereocenters. The van der Waals surface area contributed by atoms with Crippen LogP contribution in [-0.4, -0.2) is 50.5 Å². The predicted molar refractivity (Wildman–Crippen MR) is 76.5 cm³/mol. The third-order valence-corrected chi connectivity index (χ3v) is 2.67. The molecule has 0 aromatic carbocycles. The second-order valence-electron chi connectivity index (χ2n) is 3.91. The Morgan fingerprint density at radius 1 is 1.14 bits per heavy atom. The van der Waals surface area contributed by atoms with Gasteiger partial charge in [0.1, 0.15) is 5.69 Å². The van der Waals surface area contributed by atoms with Crippen LogP contribution < -0.4 is 16.0 Å². The molecule has 8 heteroatoms. The first-order valence-corrected chi connectivity index (χ1v) is 6.34. The standard InChI is InChI=1S/C13H18N4O4/c1-5-21-13(20)7-6-8(11(18)15-3)17-10(9(7)14-2)12(19)16-4/h6,14H,5H2,1-4H3,(H,15,18)(H,16,19). The molecular formula is C13H18N4O4. The highest BCUT2D eigenvalue weighted by molar-refractivity contribution is 6.07. The number of amides is 2. The maximum atomic E-state index is 12.0. The van der Waals surface area contributed by atoms with E-state index < -0.39 is 17.8 Å². The van der Waals surface area contributed by atoms with Crippen molar-refractivity contribution in [3.05, 3.63) is 23.0 Å². The number of hydrogen-bond donors (Lipinski definition) is 3. The Bertz CT molecular complexity index is 572. The van der Waals surface area contributed by atoms with Gasteiger partial charge < -0.3 is 20.7 Å². The fraction of sp³-hybridized carbons (Fsp3) is 0.385. The average molecular weight is 294 g/mol. The Morgan fingerprint density at radius 3 is 2.24 bits per heavy atom. The number of esters is 1. The highest BCUT2D eigenvalue weighted by Gasteiger charge is 2.23. The van der Waals surface area contributed by atoms with Crippen LogP contribution in [0.4, 0.5) is 5.69 Å². The van der Waals surface area contributed by atoms with Crippen LogP contribution in [-0.2, 0) is 4.74 Å². The molecule has 21 heavy (non-hydrogen) atoms. The van der Waals surface area contributed by atoms with Crippen LogP contribution >= 0.6 is 0 Å². The predicted octanol–water partition coefficient (Wildman–Crippen LogP) is 0.0192. The minimum Gasteiger partial charge on any atom is -0.462 e. The summed E-state index contributed by atoms with van der Waals surface area (Å²) >= 11 is 0. The van der Waals surface area contributed by atoms with E-state index in [1.807, 2.05) is 0 Å². The number of pyridine rings is 1. The second-order valence-corrected chi connectivity index (χ2v) is 3.91. The molecule has 0 fully saturated rings. The van der Waals surface area contributed by atoms with Crippen molar-refractivity contribution >= 4 is 23.5 Å². The molecule has 0 saturated heterocycles. The van der Waals surface area contributed by atoms with Crippen molar-refractivity contribution in [2.45, 2.75) is 6.92 Å². The number of carbonyl (C=O) groups excluding carboxylic acids is 3. The van der Waals surface area contributed by atoms with Crippen LogP contribution in [0.2, 0.25) is 0 Å². The molecule has 2 amide bonds. The number of nitrogens with one attached hydrogen (secondary N) is 3. The first-order chi connectivity index (χ1) is 9.99. The van der Waals surface area contributed by atoms with Gasteiger partial charge in [-0.25, -0.2) is 9.78 Å². The van der Waals surface area contributed by atoms with Gasteiger partial charge in [0.25, 0.3) is 11.8 Å². The lowest BCUT2D eigenvalue weighted by atomic mass is 10.1. The zero-order valence-electron chi connectivity index (χ0n) is 12.4. The molecule has 3 N–H and O–H groups in total. The number of carbonyl (C=O) groups is 3. The summed E-state index contributed by atoms with van der Waals surface area (Å²) in [5.41, 5.74) is 0.189. The van der Waals surface area contributed by atoms with E-state index in [9.17, 15) is 14.4 Å². The van der Waals surface area contributed by atoms with Gasteiger partial charge in [0.15, 0.2) is 5.69 Å². The lowest BCUT2D eigenvalue weighted by Crippen LogP contribution is -2.26. The van der Waals surface area contributed by atoms with Crippen LogP contribution in [0.25, 0.3) is 0 Å². The largest absolute Gasteiger partial charge is 0.462 e. The van der Waals surface area contributed by atoms with Gasteiger partial charge in [0, 0.05) is 21.1 Å². The summed E-state index contributed by atoms with van der Waals surface area (Å²) in [6.07, 6.45) is 0. The number of rotatable bonds is 5. The number of anilines is 1. The minimum atomic E-state index is -0.639. The molecule has 1 heterocycles. The van der Waals surface area contributed by atoms with Crippen molar-refractivity contribution in [3.8, 4) is 0 Å². The van der Waals surface area contributed by atoms with Gasteiger partial charge in [0.05, 0.1) is 17.9 Å². The summed E-state index contributed by atoms with van der Waals surface area (Å²) in [7, 11) is 4.41. The number of nitrogens with zero attached hydrogens (tertiary/aromatic N) is 1. The third-order valence-electron chi connectivity index (χ3n) is 2.67. The summed E-state index contributed by atoms with van der Waals surface area (Å²) in [5.74, 6) is -1.66.